The van der Waals surface area contributed by atoms with Crippen molar-refractivity contribution in [2.24, 2.45) is 0 Å². The fourth-order valence-corrected chi connectivity index (χ4v) is 3.55. The maximum Gasteiger partial charge on any atom is 0.420 e. The molecule has 1 aliphatic rings. The van der Waals surface area contributed by atoms with Gasteiger partial charge in [-0.1, -0.05) is 30.3 Å². The number of ether oxygens (including phenoxy) is 2. The lowest BCUT2D eigenvalue weighted by atomic mass is 9.94. The summed E-state index contributed by atoms with van der Waals surface area (Å²) in [6.45, 7) is 4.74. The van der Waals surface area contributed by atoms with Crippen LogP contribution in [0.3, 0.4) is 0 Å². The second-order valence-corrected chi connectivity index (χ2v) is 8.93. The lowest BCUT2D eigenvalue weighted by molar-refractivity contribution is -0.0958. The van der Waals surface area contributed by atoms with Crippen LogP contribution in [0.1, 0.15) is 48.4 Å². The Balaban J connectivity index is 1.98. The number of ketones is 1. The number of halogens is 5. The Morgan fingerprint density at radius 2 is 1.71 bits per heavy atom. The van der Waals surface area contributed by atoms with Crippen molar-refractivity contribution in [1.29, 1.82) is 0 Å². The van der Waals surface area contributed by atoms with Gasteiger partial charge in [0.2, 0.25) is 5.78 Å². The fourth-order valence-electron chi connectivity index (χ4n) is 3.55. The van der Waals surface area contributed by atoms with Gasteiger partial charge in [-0.3, -0.25) is 4.79 Å². The van der Waals surface area contributed by atoms with E-state index in [2.05, 4.69) is 0 Å². The number of alkyl halides is 4. The van der Waals surface area contributed by atoms with E-state index >= 15 is 0 Å². The molecular formula is C24H22F5NO5. The Morgan fingerprint density at radius 3 is 2.29 bits per heavy atom. The first kappa shape index (κ1) is 26.1. The van der Waals surface area contributed by atoms with E-state index in [0.717, 1.165) is 24.3 Å². The van der Waals surface area contributed by atoms with Crippen LogP contribution in [0, 0.1) is 5.82 Å². The Bertz CT molecular complexity index is 1110. The van der Waals surface area contributed by atoms with Crippen LogP contribution in [0.5, 0.6) is 0 Å². The van der Waals surface area contributed by atoms with Crippen LogP contribution < -0.4 is 0 Å². The lowest BCUT2D eigenvalue weighted by Crippen LogP contribution is -2.43. The third kappa shape index (κ3) is 5.77. The summed E-state index contributed by atoms with van der Waals surface area (Å²) >= 11 is 0. The molecule has 0 saturated carbocycles. The van der Waals surface area contributed by atoms with Crippen molar-refractivity contribution in [2.75, 3.05) is 0 Å². The standard InChI is InChI=1S/C24H22F5NO5/c1-23(2,3)35-22(33)30-17(18(34-21(30)32)14-7-9-16(25)10-8-14)12-13-5-4-6-15(11-13)19(31)24(28,29)20(26)27/h4-11,17-18,20H,12H2,1-3H3. The molecule has 0 aliphatic carbocycles. The van der Waals surface area contributed by atoms with Crippen molar-refractivity contribution in [3.8, 4) is 0 Å². The highest BCUT2D eigenvalue weighted by atomic mass is 19.3. The molecule has 11 heteroatoms. The highest BCUT2D eigenvalue weighted by Gasteiger charge is 2.50. The average Bonchev–Trinajstić information content (AvgIpc) is 3.08. The highest BCUT2D eigenvalue weighted by Crippen LogP contribution is 2.36. The van der Waals surface area contributed by atoms with Crippen molar-refractivity contribution in [2.45, 2.75) is 57.3 Å². The van der Waals surface area contributed by atoms with E-state index in [4.69, 9.17) is 9.47 Å². The lowest BCUT2D eigenvalue weighted by Gasteiger charge is -2.27. The molecular weight excluding hydrogens is 477 g/mol. The summed E-state index contributed by atoms with van der Waals surface area (Å²) in [6.07, 6.45) is -7.56. The van der Waals surface area contributed by atoms with E-state index < -0.39 is 59.4 Å². The summed E-state index contributed by atoms with van der Waals surface area (Å²) in [5.74, 6) is -7.50. The van der Waals surface area contributed by atoms with Gasteiger partial charge in [-0.15, -0.1) is 0 Å². The average molecular weight is 499 g/mol. The van der Waals surface area contributed by atoms with Gasteiger partial charge < -0.3 is 9.47 Å². The number of imide groups is 1. The SMILES string of the molecule is CC(C)(C)OC(=O)N1C(=O)OC(c2ccc(F)cc2)C1Cc1cccc(C(=O)C(F)(F)C(F)F)c1. The number of hydrogen-bond acceptors (Lipinski definition) is 5. The zero-order valence-corrected chi connectivity index (χ0v) is 18.9. The highest BCUT2D eigenvalue weighted by molar-refractivity contribution is 6.01. The Labute approximate surface area is 197 Å². The summed E-state index contributed by atoms with van der Waals surface area (Å²) < 4.78 is 76.6. The van der Waals surface area contributed by atoms with Gasteiger partial charge in [0.25, 0.3) is 0 Å². The fraction of sp³-hybridized carbons (Fsp3) is 0.375. The van der Waals surface area contributed by atoms with Crippen LogP contribution in [0.2, 0.25) is 0 Å². The smallest absolute Gasteiger partial charge is 0.420 e. The van der Waals surface area contributed by atoms with Gasteiger partial charge in [0, 0.05) is 5.56 Å². The van der Waals surface area contributed by atoms with Crippen molar-refractivity contribution in [3.63, 3.8) is 0 Å². The van der Waals surface area contributed by atoms with Gasteiger partial charge in [-0.05, 0) is 56.5 Å². The number of carbonyl (C=O) groups excluding carboxylic acids is 3. The van der Waals surface area contributed by atoms with Gasteiger partial charge >= 0.3 is 24.5 Å². The molecule has 2 aromatic carbocycles. The first-order valence-corrected chi connectivity index (χ1v) is 10.5. The monoisotopic (exact) mass is 499 g/mol. The van der Waals surface area contributed by atoms with Gasteiger partial charge in [0.05, 0.1) is 6.04 Å². The third-order valence-electron chi connectivity index (χ3n) is 5.11. The molecule has 3 rings (SSSR count). The molecule has 35 heavy (non-hydrogen) atoms. The Kier molecular flexibility index (Phi) is 7.18. The predicted molar refractivity (Wildman–Crippen MR) is 113 cm³/mol. The van der Waals surface area contributed by atoms with E-state index in [1.807, 2.05) is 0 Å². The maximum atomic E-state index is 13.6. The second-order valence-electron chi connectivity index (χ2n) is 8.93. The second kappa shape index (κ2) is 9.63. The van der Waals surface area contributed by atoms with Crippen LogP contribution in [0.25, 0.3) is 0 Å². The van der Waals surface area contributed by atoms with Crippen LogP contribution in [0.15, 0.2) is 48.5 Å². The number of benzene rings is 2. The quantitative estimate of drug-likeness (QED) is 0.363. The zero-order chi connectivity index (χ0) is 26.1. The number of hydrogen-bond donors (Lipinski definition) is 0. The minimum atomic E-state index is -4.88. The number of nitrogens with zero attached hydrogens (tertiary/aromatic N) is 1. The topological polar surface area (TPSA) is 72.9 Å². The summed E-state index contributed by atoms with van der Waals surface area (Å²) in [5.41, 5.74) is -1.11. The number of rotatable bonds is 6. The number of cyclic esters (lactones) is 1. The summed E-state index contributed by atoms with van der Waals surface area (Å²) in [5, 5.41) is 0. The van der Waals surface area contributed by atoms with Crippen molar-refractivity contribution in [3.05, 3.63) is 71.0 Å². The van der Waals surface area contributed by atoms with E-state index in [0.29, 0.717) is 10.5 Å². The minimum absolute atomic E-state index is 0.185. The molecule has 1 saturated heterocycles. The summed E-state index contributed by atoms with van der Waals surface area (Å²) in [4.78, 5) is 38.1. The molecule has 6 nitrogen and oxygen atoms in total. The molecule has 1 aliphatic heterocycles. The molecule has 0 aromatic heterocycles. The van der Waals surface area contributed by atoms with Crippen molar-refractivity contribution in [1.82, 2.24) is 4.90 Å². The number of carbonyl (C=O) groups is 3. The molecule has 2 atom stereocenters. The molecule has 2 aromatic rings. The molecule has 0 radical (unpaired) electrons. The van der Waals surface area contributed by atoms with Gasteiger partial charge in [0.1, 0.15) is 11.4 Å². The van der Waals surface area contributed by atoms with Crippen LogP contribution >= 0.6 is 0 Å². The third-order valence-corrected chi connectivity index (χ3v) is 5.11. The van der Waals surface area contributed by atoms with E-state index in [9.17, 15) is 36.3 Å². The molecule has 1 fully saturated rings. The maximum absolute atomic E-state index is 13.6. The summed E-state index contributed by atoms with van der Waals surface area (Å²) in [6, 6.07) is 8.44. The zero-order valence-electron chi connectivity index (χ0n) is 18.9. The van der Waals surface area contributed by atoms with E-state index in [1.54, 1.807) is 20.8 Å². The predicted octanol–water partition coefficient (Wildman–Crippen LogP) is 5.95. The normalized spacial score (nSPS) is 18.5. The van der Waals surface area contributed by atoms with Crippen molar-refractivity contribution >= 4 is 18.0 Å². The van der Waals surface area contributed by atoms with E-state index in [-0.39, 0.29) is 12.0 Å². The van der Waals surface area contributed by atoms with Crippen LogP contribution in [-0.4, -0.2) is 46.9 Å². The molecule has 2 unspecified atom stereocenters. The van der Waals surface area contributed by atoms with Crippen LogP contribution in [-0.2, 0) is 15.9 Å². The van der Waals surface area contributed by atoms with E-state index in [1.165, 1.54) is 24.3 Å². The number of Topliss-reactive ketones (excluding diaryl/α,β-unsaturated/α-hetero) is 1. The van der Waals surface area contributed by atoms with Gasteiger partial charge in [-0.25, -0.2) is 27.7 Å². The molecule has 0 N–H and O–H groups in total. The molecule has 188 valence electrons. The molecule has 0 spiro atoms. The Hall–Kier alpha value is -3.50. The minimum Gasteiger partial charge on any atom is -0.443 e. The first-order valence-electron chi connectivity index (χ1n) is 10.5. The molecule has 1 heterocycles. The van der Waals surface area contributed by atoms with Gasteiger partial charge in [0.15, 0.2) is 6.10 Å². The van der Waals surface area contributed by atoms with Crippen molar-refractivity contribution < 1.29 is 45.8 Å². The molecule has 2 amide bonds. The van der Waals surface area contributed by atoms with Crippen LogP contribution in [0.4, 0.5) is 31.5 Å². The summed E-state index contributed by atoms with van der Waals surface area (Å²) in [7, 11) is 0. The van der Waals surface area contributed by atoms with Gasteiger partial charge in [-0.2, -0.15) is 8.78 Å². The largest absolute Gasteiger partial charge is 0.443 e. The molecule has 0 bridgehead atoms. The number of amides is 2. The Morgan fingerprint density at radius 1 is 1.09 bits per heavy atom. The first-order chi connectivity index (χ1) is 16.2.